The zero-order valence-corrected chi connectivity index (χ0v) is 16.4. The lowest BCUT2D eigenvalue weighted by Gasteiger charge is -2.34. The molecule has 2 aromatic rings. The molecule has 1 fully saturated rings. The number of amides is 2. The molecule has 0 bridgehead atoms. The first kappa shape index (κ1) is 20.5. The van der Waals surface area contributed by atoms with Crippen molar-refractivity contribution in [3.63, 3.8) is 0 Å². The Bertz CT molecular complexity index is 823. The van der Waals surface area contributed by atoms with Crippen molar-refractivity contribution in [1.29, 1.82) is 0 Å². The van der Waals surface area contributed by atoms with Crippen LogP contribution < -0.4 is 5.32 Å². The predicted octanol–water partition coefficient (Wildman–Crippen LogP) is 4.32. The molecule has 0 spiro atoms. The number of rotatable bonds is 5. The van der Waals surface area contributed by atoms with Gasteiger partial charge < -0.3 is 10.2 Å². The quantitative estimate of drug-likeness (QED) is 0.586. The molecule has 0 saturated carbocycles. The summed E-state index contributed by atoms with van der Waals surface area (Å²) in [5, 5.41) is 6.64. The molecule has 3 rings (SSSR count). The number of anilines is 1. The van der Waals surface area contributed by atoms with Crippen molar-refractivity contribution in [2.24, 2.45) is 13.0 Å². The number of hydrogen-bond acceptors (Lipinski definition) is 4. The maximum Gasteiger partial charge on any atom is 0.321 e. The average molecular weight is 413 g/mol. The van der Waals surface area contributed by atoms with Gasteiger partial charge in [0.1, 0.15) is 5.69 Å². The highest BCUT2D eigenvalue weighted by Crippen LogP contribution is 2.37. The van der Waals surface area contributed by atoms with Crippen LogP contribution in [0.3, 0.4) is 0 Å². The zero-order valence-electron chi connectivity index (χ0n) is 15.6. The Morgan fingerprint density at radius 3 is 2.71 bits per heavy atom. The van der Waals surface area contributed by atoms with Crippen molar-refractivity contribution in [1.82, 2.24) is 19.7 Å². The predicted molar refractivity (Wildman–Crippen MR) is 101 cm³/mol. The Balaban J connectivity index is 1.52. The first-order valence-corrected chi connectivity index (χ1v) is 9.87. The second-order valence-electron chi connectivity index (χ2n) is 6.80. The first-order valence-electron chi connectivity index (χ1n) is 8.99. The van der Waals surface area contributed by atoms with Crippen molar-refractivity contribution in [2.75, 3.05) is 18.4 Å². The second kappa shape index (κ2) is 8.85. The lowest BCUT2D eigenvalue weighted by Crippen LogP contribution is -2.42. The fourth-order valence-electron chi connectivity index (χ4n) is 3.28. The molecule has 1 aliphatic rings. The molecule has 2 aromatic heterocycles. The molecule has 152 valence electrons. The van der Waals surface area contributed by atoms with E-state index in [1.54, 1.807) is 18.1 Å². The first-order chi connectivity index (χ1) is 13.3. The van der Waals surface area contributed by atoms with E-state index in [9.17, 15) is 18.0 Å². The zero-order chi connectivity index (χ0) is 20.3. The minimum Gasteiger partial charge on any atom is -0.325 e. The maximum atomic E-state index is 13.1. The van der Waals surface area contributed by atoms with E-state index in [1.165, 1.54) is 28.7 Å². The normalized spacial score (nSPS) is 16.4. The Kier molecular flexibility index (Phi) is 6.48. The summed E-state index contributed by atoms with van der Waals surface area (Å²) < 4.78 is 40.8. The molecule has 0 aliphatic carbocycles. The van der Waals surface area contributed by atoms with E-state index < -0.39 is 12.4 Å². The number of piperidine rings is 1. The van der Waals surface area contributed by atoms with E-state index in [0.29, 0.717) is 29.6 Å². The number of nitrogens with one attached hydrogen (secondary N) is 1. The fourth-order valence-corrected chi connectivity index (χ4v) is 4.61. The molecule has 1 aliphatic heterocycles. The third-order valence-corrected chi connectivity index (χ3v) is 6.14. The number of hydrogen-bond donors (Lipinski definition) is 1. The van der Waals surface area contributed by atoms with Gasteiger partial charge in [-0.15, -0.1) is 11.8 Å². The van der Waals surface area contributed by atoms with Crippen molar-refractivity contribution >= 4 is 23.5 Å². The number of pyridine rings is 1. The Hall–Kier alpha value is -2.23. The summed E-state index contributed by atoms with van der Waals surface area (Å²) >= 11 is 1.41. The van der Waals surface area contributed by atoms with E-state index in [0.717, 1.165) is 18.9 Å². The van der Waals surface area contributed by atoms with Gasteiger partial charge in [0.25, 0.3) is 6.43 Å². The summed E-state index contributed by atoms with van der Waals surface area (Å²) in [5.74, 6) is -0.348. The fraction of sp³-hybridized carbons (Fsp3) is 0.500. The molecule has 1 atom stereocenters. The van der Waals surface area contributed by atoms with E-state index in [2.05, 4.69) is 15.4 Å². The lowest BCUT2D eigenvalue weighted by molar-refractivity contribution is 0.142. The topological polar surface area (TPSA) is 63.1 Å². The lowest BCUT2D eigenvalue weighted by atomic mass is 9.94. The number of urea groups is 1. The summed E-state index contributed by atoms with van der Waals surface area (Å²) in [6.07, 6.45) is 1.87. The summed E-state index contributed by atoms with van der Waals surface area (Å²) in [6.45, 7) is 3.14. The number of halogens is 3. The van der Waals surface area contributed by atoms with E-state index in [4.69, 9.17) is 0 Å². The van der Waals surface area contributed by atoms with E-state index in [-0.39, 0.29) is 17.0 Å². The van der Waals surface area contributed by atoms with Crippen LogP contribution in [0.4, 0.5) is 23.7 Å². The van der Waals surface area contributed by atoms with E-state index >= 15 is 0 Å². The molecule has 1 N–H and O–H groups in total. The van der Waals surface area contributed by atoms with Crippen LogP contribution in [0.2, 0.25) is 0 Å². The van der Waals surface area contributed by atoms with E-state index in [1.807, 2.05) is 6.92 Å². The number of carbonyl (C=O) groups is 1. The molecule has 2 amide bonds. The standard InChI is InChI=1S/C18H22F3N5OS/c1-11(28-14-10-25(2)24-16(14)17(20)21)12-4-7-26(8-5-12)18(27)23-13-3-6-22-15(19)9-13/h3,6,9-12,17H,4-5,7-8H2,1-2H3,(H,22,23,27). The van der Waals surface area contributed by atoms with Crippen LogP contribution in [0.25, 0.3) is 0 Å². The average Bonchev–Trinajstić information content (AvgIpc) is 3.02. The maximum absolute atomic E-state index is 13.1. The number of alkyl halides is 2. The van der Waals surface area contributed by atoms with Gasteiger partial charge in [0.2, 0.25) is 5.95 Å². The number of thioether (sulfide) groups is 1. The van der Waals surface area contributed by atoms with Crippen LogP contribution in [0, 0.1) is 11.9 Å². The minimum absolute atomic E-state index is 0.126. The Labute approximate surface area is 165 Å². The van der Waals surface area contributed by atoms with Crippen LogP contribution in [-0.2, 0) is 7.05 Å². The Morgan fingerprint density at radius 2 is 2.07 bits per heavy atom. The largest absolute Gasteiger partial charge is 0.325 e. The van der Waals surface area contributed by atoms with Gasteiger partial charge in [-0.05, 0) is 24.8 Å². The molecular weight excluding hydrogens is 391 g/mol. The number of carbonyl (C=O) groups excluding carboxylic acids is 1. The number of likely N-dealkylation sites (tertiary alicyclic amines) is 1. The van der Waals surface area contributed by atoms with Gasteiger partial charge in [-0.1, -0.05) is 6.92 Å². The molecule has 6 nitrogen and oxygen atoms in total. The molecule has 1 saturated heterocycles. The smallest absolute Gasteiger partial charge is 0.321 e. The van der Waals surface area contributed by atoms with Gasteiger partial charge in [-0.3, -0.25) is 4.68 Å². The summed E-state index contributed by atoms with van der Waals surface area (Å²) in [4.78, 5) is 18.0. The number of nitrogens with zero attached hydrogens (tertiary/aromatic N) is 4. The van der Waals surface area contributed by atoms with Crippen molar-refractivity contribution in [3.8, 4) is 0 Å². The van der Waals surface area contributed by atoms with Gasteiger partial charge in [0, 0.05) is 49.5 Å². The third-order valence-electron chi connectivity index (χ3n) is 4.81. The SMILES string of the molecule is CC(Sc1cn(C)nc1C(F)F)C1CCN(C(=O)Nc2ccnc(F)c2)CC1. The molecular formula is C18H22F3N5OS. The molecule has 0 aromatic carbocycles. The Morgan fingerprint density at radius 1 is 1.36 bits per heavy atom. The minimum atomic E-state index is -2.60. The number of aryl methyl sites for hydroxylation is 1. The van der Waals surface area contributed by atoms with Crippen LogP contribution in [0.1, 0.15) is 31.9 Å². The molecule has 1 unspecified atom stereocenters. The van der Waals surface area contributed by atoms with Gasteiger partial charge in [0.05, 0.1) is 4.90 Å². The van der Waals surface area contributed by atoms with Crippen molar-refractivity contribution < 1.29 is 18.0 Å². The molecule has 0 radical (unpaired) electrons. The highest BCUT2D eigenvalue weighted by atomic mass is 32.2. The second-order valence-corrected chi connectivity index (χ2v) is 8.22. The van der Waals surface area contributed by atoms with Gasteiger partial charge in [0.15, 0.2) is 0 Å². The highest BCUT2D eigenvalue weighted by Gasteiger charge is 2.29. The summed E-state index contributed by atoms with van der Waals surface area (Å²) in [7, 11) is 1.63. The highest BCUT2D eigenvalue weighted by molar-refractivity contribution is 8.00. The third kappa shape index (κ3) is 4.98. The monoisotopic (exact) mass is 413 g/mol. The van der Waals surface area contributed by atoms with Gasteiger partial charge in [-0.2, -0.15) is 9.49 Å². The number of aromatic nitrogens is 3. The van der Waals surface area contributed by atoms with Crippen LogP contribution in [0.5, 0.6) is 0 Å². The van der Waals surface area contributed by atoms with Crippen molar-refractivity contribution in [2.45, 2.75) is 36.3 Å². The van der Waals surface area contributed by atoms with Crippen molar-refractivity contribution in [3.05, 3.63) is 36.2 Å². The van der Waals surface area contributed by atoms with Gasteiger partial charge in [-0.25, -0.2) is 18.6 Å². The molecule has 10 heteroatoms. The van der Waals surface area contributed by atoms with Crippen LogP contribution in [-0.4, -0.2) is 44.0 Å². The molecule has 28 heavy (non-hydrogen) atoms. The molecule has 3 heterocycles. The van der Waals surface area contributed by atoms with Crippen LogP contribution in [0.15, 0.2) is 29.4 Å². The van der Waals surface area contributed by atoms with Crippen LogP contribution >= 0.6 is 11.8 Å². The summed E-state index contributed by atoms with van der Waals surface area (Å²) in [5.41, 5.74) is 0.181. The summed E-state index contributed by atoms with van der Waals surface area (Å²) in [6, 6.07) is 2.41. The van der Waals surface area contributed by atoms with Gasteiger partial charge >= 0.3 is 6.03 Å².